The first-order valence-electron chi connectivity index (χ1n) is 10.5. The van der Waals surface area contributed by atoms with Gasteiger partial charge in [-0.2, -0.15) is 0 Å². The number of aryl methyl sites for hydroxylation is 1. The van der Waals surface area contributed by atoms with Crippen molar-refractivity contribution in [3.63, 3.8) is 0 Å². The minimum Gasteiger partial charge on any atom is -0.337 e. The van der Waals surface area contributed by atoms with Gasteiger partial charge in [-0.3, -0.25) is 14.5 Å². The number of imide groups is 1. The third-order valence-corrected chi connectivity index (χ3v) is 9.08. The van der Waals surface area contributed by atoms with Crippen LogP contribution in [0.15, 0.2) is 11.4 Å². The van der Waals surface area contributed by atoms with E-state index in [1.54, 1.807) is 16.2 Å². The summed E-state index contributed by atoms with van der Waals surface area (Å²) in [7, 11) is -3.15. The van der Waals surface area contributed by atoms with Gasteiger partial charge in [-0.05, 0) is 43.6 Å². The summed E-state index contributed by atoms with van der Waals surface area (Å²) in [5.41, 5.74) is -0.229. The number of fused-ring (bicyclic) bond motifs is 2. The lowest BCUT2D eigenvalue weighted by Crippen LogP contribution is -2.49. The van der Waals surface area contributed by atoms with Gasteiger partial charge in [0.05, 0.1) is 11.5 Å². The van der Waals surface area contributed by atoms with Gasteiger partial charge in [0.1, 0.15) is 12.1 Å². The van der Waals surface area contributed by atoms with Gasteiger partial charge in [0.25, 0.3) is 5.91 Å². The summed E-state index contributed by atoms with van der Waals surface area (Å²) in [5, 5.41) is 4.79. The highest BCUT2D eigenvalue weighted by Crippen LogP contribution is 2.42. The number of hydrogen-bond acceptors (Lipinski definition) is 6. The predicted octanol–water partition coefficient (Wildman–Crippen LogP) is 1.65. The number of carbonyl (C=O) groups is 3. The maximum Gasteiger partial charge on any atom is 0.325 e. The van der Waals surface area contributed by atoms with Crippen LogP contribution in [0, 0.1) is 0 Å². The van der Waals surface area contributed by atoms with Crippen LogP contribution in [0.5, 0.6) is 0 Å². The Morgan fingerprint density at radius 1 is 1.40 bits per heavy atom. The van der Waals surface area contributed by atoms with Gasteiger partial charge >= 0.3 is 6.03 Å². The molecular weight excluding hydrogens is 426 g/mol. The Morgan fingerprint density at radius 3 is 2.90 bits per heavy atom. The fourth-order valence-electron chi connectivity index (χ4n) is 4.77. The largest absolute Gasteiger partial charge is 0.337 e. The quantitative estimate of drug-likeness (QED) is 0.660. The molecule has 4 amide bonds. The Bertz CT molecular complexity index is 973. The molecule has 3 aliphatic rings. The zero-order valence-electron chi connectivity index (χ0n) is 17.1. The maximum atomic E-state index is 13.3. The van der Waals surface area contributed by atoms with Gasteiger partial charge in [-0.15, -0.1) is 11.3 Å². The molecule has 0 aromatic carbocycles. The van der Waals surface area contributed by atoms with Crippen molar-refractivity contribution < 1.29 is 22.8 Å². The number of carbonyl (C=O) groups excluding carboxylic acids is 3. The highest BCUT2D eigenvalue weighted by Gasteiger charge is 2.55. The number of amides is 4. The number of nitrogens with one attached hydrogen (secondary N) is 1. The SMILES string of the molecule is CCCCN(C(=O)CN1C(=O)N[C@@]2(CCCc3sccc32)C1=O)[C@@H]1CCS(=O)(=O)C1. The first-order valence-corrected chi connectivity index (χ1v) is 13.2. The topological polar surface area (TPSA) is 104 Å². The van der Waals surface area contributed by atoms with Crippen LogP contribution in [0.4, 0.5) is 4.79 Å². The fourth-order valence-corrected chi connectivity index (χ4v) is 7.50. The van der Waals surface area contributed by atoms with Crippen molar-refractivity contribution in [2.24, 2.45) is 0 Å². The second kappa shape index (κ2) is 7.96. The summed E-state index contributed by atoms with van der Waals surface area (Å²) in [4.78, 5) is 42.8. The lowest BCUT2D eigenvalue weighted by atomic mass is 9.80. The Labute approximate surface area is 180 Å². The van der Waals surface area contributed by atoms with Crippen molar-refractivity contribution in [1.82, 2.24) is 15.1 Å². The van der Waals surface area contributed by atoms with E-state index in [0.717, 1.165) is 41.0 Å². The predicted molar refractivity (Wildman–Crippen MR) is 113 cm³/mol. The second-order valence-electron chi connectivity index (χ2n) is 8.34. The van der Waals surface area contributed by atoms with E-state index in [4.69, 9.17) is 0 Å². The van der Waals surface area contributed by atoms with Crippen LogP contribution < -0.4 is 5.32 Å². The average Bonchev–Trinajstić information content (AvgIpc) is 3.37. The van der Waals surface area contributed by atoms with Gasteiger partial charge in [0, 0.05) is 23.0 Å². The third kappa shape index (κ3) is 3.64. The molecule has 10 heteroatoms. The Morgan fingerprint density at radius 2 is 2.20 bits per heavy atom. The normalized spacial score (nSPS) is 27.4. The summed E-state index contributed by atoms with van der Waals surface area (Å²) < 4.78 is 23.8. The Kier molecular flexibility index (Phi) is 5.65. The molecule has 2 fully saturated rings. The molecule has 2 aliphatic heterocycles. The Hall–Kier alpha value is -1.94. The molecule has 2 saturated heterocycles. The van der Waals surface area contributed by atoms with E-state index in [1.807, 2.05) is 18.4 Å². The molecule has 0 saturated carbocycles. The van der Waals surface area contributed by atoms with Gasteiger partial charge < -0.3 is 10.2 Å². The van der Waals surface area contributed by atoms with Gasteiger partial charge in [0.2, 0.25) is 5.91 Å². The zero-order valence-corrected chi connectivity index (χ0v) is 18.7. The highest BCUT2D eigenvalue weighted by molar-refractivity contribution is 7.91. The second-order valence-corrected chi connectivity index (χ2v) is 11.6. The van der Waals surface area contributed by atoms with E-state index in [1.165, 1.54) is 0 Å². The van der Waals surface area contributed by atoms with Crippen LogP contribution in [0.1, 0.15) is 49.5 Å². The summed E-state index contributed by atoms with van der Waals surface area (Å²) >= 11 is 1.58. The molecule has 1 aliphatic carbocycles. The minimum atomic E-state index is -3.15. The van der Waals surface area contributed by atoms with Crippen molar-refractivity contribution in [3.05, 3.63) is 21.9 Å². The summed E-state index contributed by atoms with van der Waals surface area (Å²) in [6, 6.07) is 0.948. The van der Waals surface area contributed by atoms with E-state index >= 15 is 0 Å². The minimum absolute atomic E-state index is 0.0508. The molecule has 2 atom stereocenters. The van der Waals surface area contributed by atoms with Crippen molar-refractivity contribution in [3.8, 4) is 0 Å². The van der Waals surface area contributed by atoms with Gasteiger partial charge in [0.15, 0.2) is 9.84 Å². The molecular formula is C20H27N3O5S2. The van der Waals surface area contributed by atoms with Crippen LogP contribution in [0.3, 0.4) is 0 Å². The molecule has 164 valence electrons. The van der Waals surface area contributed by atoms with E-state index in [0.29, 0.717) is 19.4 Å². The molecule has 3 heterocycles. The molecule has 1 aromatic heterocycles. The lowest BCUT2D eigenvalue weighted by molar-refractivity contribution is -0.140. The van der Waals surface area contributed by atoms with Crippen LogP contribution >= 0.6 is 11.3 Å². The summed E-state index contributed by atoms with van der Waals surface area (Å²) in [6.45, 7) is 2.07. The van der Waals surface area contributed by atoms with Crippen molar-refractivity contribution in [2.45, 2.75) is 57.0 Å². The number of rotatable bonds is 6. The van der Waals surface area contributed by atoms with E-state index in [9.17, 15) is 22.8 Å². The number of unbranched alkanes of at least 4 members (excludes halogenated alkanes) is 1. The molecule has 8 nitrogen and oxygen atoms in total. The van der Waals surface area contributed by atoms with Crippen molar-refractivity contribution >= 4 is 39.0 Å². The average molecular weight is 454 g/mol. The number of urea groups is 1. The van der Waals surface area contributed by atoms with Crippen LogP contribution in [-0.2, 0) is 31.4 Å². The Balaban J connectivity index is 1.54. The summed E-state index contributed by atoms with van der Waals surface area (Å²) in [6.07, 6.45) is 4.20. The monoisotopic (exact) mass is 453 g/mol. The van der Waals surface area contributed by atoms with Gasteiger partial charge in [-0.25, -0.2) is 13.2 Å². The molecule has 0 radical (unpaired) electrons. The van der Waals surface area contributed by atoms with Crippen LogP contribution in [0.2, 0.25) is 0 Å². The first kappa shape index (κ1) is 21.3. The molecule has 1 aromatic rings. The summed E-state index contributed by atoms with van der Waals surface area (Å²) in [5.74, 6) is -0.729. The van der Waals surface area contributed by atoms with Crippen molar-refractivity contribution in [1.29, 1.82) is 0 Å². The first-order chi connectivity index (χ1) is 14.3. The highest BCUT2D eigenvalue weighted by atomic mass is 32.2. The molecule has 4 rings (SSSR count). The molecule has 1 N–H and O–H groups in total. The molecule has 30 heavy (non-hydrogen) atoms. The van der Waals surface area contributed by atoms with Gasteiger partial charge in [-0.1, -0.05) is 13.3 Å². The number of sulfone groups is 1. The maximum absolute atomic E-state index is 13.3. The van der Waals surface area contributed by atoms with E-state index in [2.05, 4.69) is 5.32 Å². The number of thiophene rings is 1. The zero-order chi connectivity index (χ0) is 21.5. The van der Waals surface area contributed by atoms with E-state index < -0.39 is 21.4 Å². The standard InChI is InChI=1S/C20H27N3O5S2/c1-2-3-9-22(14-7-11-30(27,28)13-14)17(24)12-23-18(25)20(21-19(23)26)8-4-5-16-15(20)6-10-29-16/h6,10,14H,2-5,7-9,11-13H2,1H3,(H,21,26)/t14-,20-/m1/s1. The number of nitrogens with zero attached hydrogens (tertiary/aromatic N) is 2. The van der Waals surface area contributed by atoms with Crippen LogP contribution in [0.25, 0.3) is 0 Å². The molecule has 1 spiro atoms. The van der Waals surface area contributed by atoms with Crippen LogP contribution in [-0.4, -0.2) is 66.7 Å². The molecule has 0 unspecified atom stereocenters. The van der Waals surface area contributed by atoms with Crippen molar-refractivity contribution in [2.75, 3.05) is 24.6 Å². The molecule has 0 bridgehead atoms. The fraction of sp³-hybridized carbons (Fsp3) is 0.650. The third-order valence-electron chi connectivity index (χ3n) is 6.35. The van der Waals surface area contributed by atoms with E-state index in [-0.39, 0.29) is 35.9 Å². The number of hydrogen-bond donors (Lipinski definition) is 1. The lowest BCUT2D eigenvalue weighted by Gasteiger charge is -2.32. The smallest absolute Gasteiger partial charge is 0.325 e.